The summed E-state index contributed by atoms with van der Waals surface area (Å²) in [6.07, 6.45) is 2.64. The Morgan fingerprint density at radius 1 is 1.33 bits per heavy atom. The molecule has 18 heavy (non-hydrogen) atoms. The van der Waals surface area contributed by atoms with Crippen LogP contribution in [0.15, 0.2) is 0 Å². The van der Waals surface area contributed by atoms with Crippen molar-refractivity contribution in [3.63, 3.8) is 0 Å². The molecule has 2 unspecified atom stereocenters. The molecule has 1 saturated heterocycles. The van der Waals surface area contributed by atoms with Gasteiger partial charge in [-0.3, -0.25) is 0 Å². The fraction of sp³-hybridized carbons (Fsp3) is 1.00. The Bertz CT molecular complexity index is 279. The molecule has 4 N–H and O–H groups in total. The average Bonchev–Trinajstić information content (AvgIpc) is 2.43. The van der Waals surface area contributed by atoms with E-state index in [4.69, 9.17) is 15.6 Å². The number of aliphatic hydroxyl groups is 1. The molecule has 0 saturated carbocycles. The molecule has 108 valence electrons. The summed E-state index contributed by atoms with van der Waals surface area (Å²) < 4.78 is 6.16. The first kappa shape index (κ1) is 15.9. The largest absolute Gasteiger partial charge is 0.396 e. The van der Waals surface area contributed by atoms with Gasteiger partial charge < -0.3 is 20.9 Å². The number of hydrogen-bond donors (Lipinski definition) is 3. The number of nitrogens with two attached hydrogens (primary N) is 1. The lowest BCUT2D eigenvalue weighted by Crippen LogP contribution is -2.64. The lowest BCUT2D eigenvalue weighted by Gasteiger charge is -2.42. The molecule has 1 heterocycles. The summed E-state index contributed by atoms with van der Waals surface area (Å²) in [5, 5.41) is 12.8. The van der Waals surface area contributed by atoms with E-state index >= 15 is 0 Å². The van der Waals surface area contributed by atoms with Gasteiger partial charge in [-0.25, -0.2) is 0 Å². The van der Waals surface area contributed by atoms with Crippen molar-refractivity contribution in [3.8, 4) is 0 Å². The molecule has 1 aliphatic rings. The van der Waals surface area contributed by atoms with Crippen LogP contribution in [0, 0.1) is 0 Å². The van der Waals surface area contributed by atoms with E-state index in [2.05, 4.69) is 39.9 Å². The molecule has 1 aliphatic heterocycles. The van der Waals surface area contributed by atoms with E-state index in [1.54, 1.807) is 0 Å². The molecular formula is C14H30N2O2. The van der Waals surface area contributed by atoms with E-state index in [-0.39, 0.29) is 29.4 Å². The maximum atomic E-state index is 9.13. The summed E-state index contributed by atoms with van der Waals surface area (Å²) >= 11 is 0. The Balaban J connectivity index is 2.91. The third-order valence-electron chi connectivity index (χ3n) is 4.21. The van der Waals surface area contributed by atoms with Gasteiger partial charge in [0.25, 0.3) is 0 Å². The van der Waals surface area contributed by atoms with Gasteiger partial charge in [-0.1, -0.05) is 6.92 Å². The summed E-state index contributed by atoms with van der Waals surface area (Å²) in [5.41, 5.74) is 5.39. The van der Waals surface area contributed by atoms with E-state index < -0.39 is 0 Å². The van der Waals surface area contributed by atoms with Crippen LogP contribution in [0.25, 0.3) is 0 Å². The number of rotatable bonds is 6. The molecule has 0 amide bonds. The quantitative estimate of drug-likeness (QED) is 0.674. The second-order valence-corrected chi connectivity index (χ2v) is 6.60. The topological polar surface area (TPSA) is 67.5 Å². The van der Waals surface area contributed by atoms with Crippen LogP contribution in [0.1, 0.15) is 53.9 Å². The SMILES string of the molecule is CCC(CCO)NC1(CN)CC(C)(C)OC1(C)C. The van der Waals surface area contributed by atoms with E-state index in [9.17, 15) is 0 Å². The molecular weight excluding hydrogens is 228 g/mol. The van der Waals surface area contributed by atoms with Crippen molar-refractivity contribution >= 4 is 0 Å². The van der Waals surface area contributed by atoms with Crippen molar-refractivity contribution in [1.82, 2.24) is 5.32 Å². The van der Waals surface area contributed by atoms with Crippen LogP contribution in [0.2, 0.25) is 0 Å². The minimum atomic E-state index is -0.297. The maximum absolute atomic E-state index is 9.13. The zero-order valence-corrected chi connectivity index (χ0v) is 12.5. The standard InChI is InChI=1S/C14H30N2O2/c1-6-11(7-8-17)16-14(10-15)9-12(2,3)18-13(14,4)5/h11,16-17H,6-10,15H2,1-5H3. The van der Waals surface area contributed by atoms with Crippen molar-refractivity contribution in [2.75, 3.05) is 13.2 Å². The number of aliphatic hydroxyl groups excluding tert-OH is 1. The lowest BCUT2D eigenvalue weighted by molar-refractivity contribution is -0.0835. The molecule has 2 atom stereocenters. The third kappa shape index (κ3) is 3.05. The van der Waals surface area contributed by atoms with Gasteiger partial charge in [-0.15, -0.1) is 0 Å². The first-order valence-corrected chi connectivity index (χ1v) is 7.01. The Morgan fingerprint density at radius 2 is 1.94 bits per heavy atom. The third-order valence-corrected chi connectivity index (χ3v) is 4.21. The van der Waals surface area contributed by atoms with Crippen LogP contribution in [0.5, 0.6) is 0 Å². The molecule has 0 aliphatic carbocycles. The van der Waals surface area contributed by atoms with E-state index in [1.807, 2.05) is 0 Å². The van der Waals surface area contributed by atoms with Gasteiger partial charge >= 0.3 is 0 Å². The summed E-state index contributed by atoms with van der Waals surface area (Å²) in [6.45, 7) is 11.3. The highest BCUT2D eigenvalue weighted by Gasteiger charge is 2.56. The van der Waals surface area contributed by atoms with Gasteiger partial charge in [0.15, 0.2) is 0 Å². The predicted molar refractivity (Wildman–Crippen MR) is 74.6 cm³/mol. The molecule has 1 rings (SSSR count). The van der Waals surface area contributed by atoms with Gasteiger partial charge in [0.1, 0.15) is 0 Å². The number of ether oxygens (including phenoxy) is 1. The summed E-state index contributed by atoms with van der Waals surface area (Å²) in [4.78, 5) is 0. The fourth-order valence-corrected chi connectivity index (χ4v) is 3.29. The van der Waals surface area contributed by atoms with Crippen LogP contribution in [0.4, 0.5) is 0 Å². The molecule has 0 aromatic carbocycles. The minimum Gasteiger partial charge on any atom is -0.396 e. The minimum absolute atomic E-state index is 0.159. The molecule has 0 bridgehead atoms. The Kier molecular flexibility index (Phi) is 4.81. The van der Waals surface area contributed by atoms with Crippen LogP contribution in [-0.2, 0) is 4.74 Å². The number of nitrogens with one attached hydrogen (secondary N) is 1. The first-order chi connectivity index (χ1) is 8.22. The second kappa shape index (κ2) is 5.45. The number of hydrogen-bond acceptors (Lipinski definition) is 4. The Labute approximate surface area is 111 Å². The van der Waals surface area contributed by atoms with Gasteiger partial charge in [0.05, 0.1) is 16.7 Å². The lowest BCUT2D eigenvalue weighted by atomic mass is 9.78. The highest BCUT2D eigenvalue weighted by Crippen LogP contribution is 2.44. The zero-order chi connectivity index (χ0) is 14.0. The first-order valence-electron chi connectivity index (χ1n) is 7.01. The normalized spacial score (nSPS) is 31.5. The van der Waals surface area contributed by atoms with Crippen molar-refractivity contribution in [2.45, 2.75) is 76.7 Å². The second-order valence-electron chi connectivity index (χ2n) is 6.60. The molecule has 0 aromatic rings. The maximum Gasteiger partial charge on any atom is 0.0828 e. The van der Waals surface area contributed by atoms with E-state index in [1.165, 1.54) is 0 Å². The zero-order valence-electron chi connectivity index (χ0n) is 12.5. The van der Waals surface area contributed by atoms with Crippen LogP contribution >= 0.6 is 0 Å². The van der Waals surface area contributed by atoms with Crippen LogP contribution in [-0.4, -0.2) is 41.0 Å². The predicted octanol–water partition coefficient (Wildman–Crippen LogP) is 1.41. The monoisotopic (exact) mass is 258 g/mol. The van der Waals surface area contributed by atoms with Crippen molar-refractivity contribution in [2.24, 2.45) is 5.73 Å². The Hall–Kier alpha value is -0.160. The summed E-state index contributed by atoms with van der Waals surface area (Å²) in [7, 11) is 0. The summed E-state index contributed by atoms with van der Waals surface area (Å²) in [5.74, 6) is 0. The van der Waals surface area contributed by atoms with E-state index in [0.29, 0.717) is 6.54 Å². The van der Waals surface area contributed by atoms with Gasteiger partial charge in [0.2, 0.25) is 0 Å². The van der Waals surface area contributed by atoms with Gasteiger partial charge in [-0.2, -0.15) is 0 Å². The molecule has 0 aromatic heterocycles. The smallest absolute Gasteiger partial charge is 0.0828 e. The van der Waals surface area contributed by atoms with Crippen LogP contribution in [0.3, 0.4) is 0 Å². The molecule has 4 heteroatoms. The van der Waals surface area contributed by atoms with Crippen molar-refractivity contribution < 1.29 is 9.84 Å². The Morgan fingerprint density at radius 3 is 2.28 bits per heavy atom. The molecule has 1 fully saturated rings. The van der Waals surface area contributed by atoms with Gasteiger partial charge in [-0.05, 0) is 47.0 Å². The van der Waals surface area contributed by atoms with Crippen molar-refractivity contribution in [3.05, 3.63) is 0 Å². The average molecular weight is 258 g/mol. The fourth-order valence-electron chi connectivity index (χ4n) is 3.29. The van der Waals surface area contributed by atoms with Crippen molar-refractivity contribution in [1.29, 1.82) is 0 Å². The van der Waals surface area contributed by atoms with Crippen LogP contribution < -0.4 is 11.1 Å². The van der Waals surface area contributed by atoms with E-state index in [0.717, 1.165) is 19.3 Å². The summed E-state index contributed by atoms with van der Waals surface area (Å²) in [6, 6.07) is 0.287. The highest BCUT2D eigenvalue weighted by molar-refractivity contribution is 5.12. The highest BCUT2D eigenvalue weighted by atomic mass is 16.5. The molecule has 4 nitrogen and oxygen atoms in total. The van der Waals surface area contributed by atoms with Gasteiger partial charge in [0, 0.05) is 19.2 Å². The molecule has 0 radical (unpaired) electrons. The molecule has 0 spiro atoms.